The molecule has 29 heavy (non-hydrogen) atoms. The quantitative estimate of drug-likeness (QED) is 0.306. The molecule has 0 fully saturated rings. The van der Waals surface area contributed by atoms with Crippen LogP contribution < -0.4 is 5.32 Å². The lowest BCUT2D eigenvalue weighted by Crippen LogP contribution is -2.23. The summed E-state index contributed by atoms with van der Waals surface area (Å²) in [5, 5.41) is 3.06. The number of thiophene rings is 1. The van der Waals surface area contributed by atoms with Crippen molar-refractivity contribution in [1.82, 2.24) is 5.32 Å². The van der Waals surface area contributed by atoms with E-state index in [1.807, 2.05) is 12.1 Å². The van der Waals surface area contributed by atoms with Gasteiger partial charge in [0.05, 0.1) is 4.88 Å². The average molecular weight is 414 g/mol. The van der Waals surface area contributed by atoms with Crippen LogP contribution in [-0.4, -0.2) is 12.5 Å². The first-order valence-corrected chi connectivity index (χ1v) is 12.1. The summed E-state index contributed by atoms with van der Waals surface area (Å²) < 4.78 is 0. The molecule has 0 aliphatic heterocycles. The van der Waals surface area contributed by atoms with Gasteiger partial charge in [-0.05, 0) is 74.3 Å². The predicted molar refractivity (Wildman–Crippen MR) is 129 cm³/mol. The molecule has 0 radical (unpaired) electrons. The van der Waals surface area contributed by atoms with E-state index in [2.05, 4.69) is 58.2 Å². The van der Waals surface area contributed by atoms with Gasteiger partial charge in [0.1, 0.15) is 0 Å². The van der Waals surface area contributed by atoms with E-state index in [4.69, 9.17) is 0 Å². The summed E-state index contributed by atoms with van der Waals surface area (Å²) in [7, 11) is 0. The van der Waals surface area contributed by atoms with E-state index >= 15 is 0 Å². The zero-order chi connectivity index (χ0) is 21.3. The first-order chi connectivity index (χ1) is 13.8. The van der Waals surface area contributed by atoms with Crippen LogP contribution in [0.15, 0.2) is 41.0 Å². The van der Waals surface area contributed by atoms with Crippen molar-refractivity contribution in [3.63, 3.8) is 0 Å². The summed E-state index contributed by atoms with van der Waals surface area (Å²) >= 11 is 1.57. The Bertz CT molecular complexity index is 763. The Kier molecular flexibility index (Phi) is 9.42. The van der Waals surface area contributed by atoms with E-state index in [0.29, 0.717) is 0 Å². The number of hydrogen-bond acceptors (Lipinski definition) is 2. The molecule has 0 saturated heterocycles. The van der Waals surface area contributed by atoms with E-state index in [9.17, 15) is 4.79 Å². The SMILES string of the molecule is CCCCCCCNC(=O)c1ccc(/C=C(C)/C=C/C2=C(C)CCCC2(C)C)s1. The summed E-state index contributed by atoms with van der Waals surface area (Å²) in [6, 6.07) is 3.99. The van der Waals surface area contributed by atoms with Gasteiger partial charge >= 0.3 is 0 Å². The van der Waals surface area contributed by atoms with Gasteiger partial charge in [0, 0.05) is 11.4 Å². The van der Waals surface area contributed by atoms with Gasteiger partial charge < -0.3 is 5.32 Å². The smallest absolute Gasteiger partial charge is 0.261 e. The lowest BCUT2D eigenvalue weighted by Gasteiger charge is -2.32. The third-order valence-electron chi connectivity index (χ3n) is 5.84. The highest BCUT2D eigenvalue weighted by Crippen LogP contribution is 2.40. The molecular formula is C26H39NOS. The molecule has 1 aromatic rings. The highest BCUT2D eigenvalue weighted by Gasteiger charge is 2.26. The van der Waals surface area contributed by atoms with Gasteiger partial charge in [-0.1, -0.05) is 64.2 Å². The molecule has 0 aromatic carbocycles. The summed E-state index contributed by atoms with van der Waals surface area (Å²) in [5.41, 5.74) is 4.50. The highest BCUT2D eigenvalue weighted by atomic mass is 32.1. The molecule has 0 unspecified atom stereocenters. The molecule has 2 rings (SSSR count). The number of amides is 1. The van der Waals surface area contributed by atoms with Crippen LogP contribution in [0.2, 0.25) is 0 Å². The second-order valence-corrected chi connectivity index (χ2v) is 10.1. The molecule has 0 saturated carbocycles. The van der Waals surface area contributed by atoms with E-state index in [1.165, 1.54) is 61.7 Å². The largest absolute Gasteiger partial charge is 0.351 e. The van der Waals surface area contributed by atoms with Crippen LogP contribution in [0.5, 0.6) is 0 Å². The summed E-state index contributed by atoms with van der Waals surface area (Å²) in [6.45, 7) is 12.1. The van der Waals surface area contributed by atoms with Crippen molar-refractivity contribution in [2.24, 2.45) is 5.41 Å². The topological polar surface area (TPSA) is 29.1 Å². The normalized spacial score (nSPS) is 17.2. The van der Waals surface area contributed by atoms with Crippen molar-refractivity contribution in [3.05, 3.63) is 50.8 Å². The number of nitrogens with one attached hydrogen (secondary N) is 1. The third kappa shape index (κ3) is 7.62. The molecule has 1 N–H and O–H groups in total. The minimum Gasteiger partial charge on any atom is -0.351 e. The van der Waals surface area contributed by atoms with Crippen LogP contribution in [0.1, 0.15) is 101 Å². The Labute approximate surface area is 182 Å². The van der Waals surface area contributed by atoms with Gasteiger partial charge in [-0.2, -0.15) is 0 Å². The molecule has 0 spiro atoms. The van der Waals surface area contributed by atoms with Gasteiger partial charge in [-0.3, -0.25) is 4.79 Å². The molecular weight excluding hydrogens is 374 g/mol. The Hall–Kier alpha value is -1.61. The van der Waals surface area contributed by atoms with Gasteiger partial charge in [0.15, 0.2) is 0 Å². The molecule has 1 aliphatic carbocycles. The fourth-order valence-corrected chi connectivity index (χ4v) is 5.00. The van der Waals surface area contributed by atoms with Crippen molar-refractivity contribution in [3.8, 4) is 0 Å². The van der Waals surface area contributed by atoms with Crippen molar-refractivity contribution < 1.29 is 4.79 Å². The standard InChI is InChI=1S/C26H39NOS/c1-6-7-8-9-10-18-27-25(28)24-16-14-22(29-24)19-20(2)13-15-23-21(3)12-11-17-26(23,4)5/h13-16,19H,6-12,17-18H2,1-5H3,(H,27,28)/b15-13+,20-19+. The number of unbranched alkanes of at least 4 members (excludes halogenated alkanes) is 4. The van der Waals surface area contributed by atoms with E-state index < -0.39 is 0 Å². The van der Waals surface area contributed by atoms with Gasteiger partial charge in [-0.25, -0.2) is 0 Å². The van der Waals surface area contributed by atoms with Crippen molar-refractivity contribution in [1.29, 1.82) is 0 Å². The summed E-state index contributed by atoms with van der Waals surface area (Å²) in [5.74, 6) is 0.0584. The number of carbonyl (C=O) groups is 1. The lowest BCUT2D eigenvalue weighted by atomic mass is 9.72. The van der Waals surface area contributed by atoms with Crippen molar-refractivity contribution >= 4 is 23.3 Å². The van der Waals surface area contributed by atoms with Crippen LogP contribution in [0.25, 0.3) is 6.08 Å². The lowest BCUT2D eigenvalue weighted by molar-refractivity contribution is 0.0957. The minimum absolute atomic E-state index is 0.0584. The zero-order valence-electron chi connectivity index (χ0n) is 19.1. The van der Waals surface area contributed by atoms with E-state index in [0.717, 1.165) is 22.7 Å². The Morgan fingerprint density at radius 2 is 1.97 bits per heavy atom. The van der Waals surface area contributed by atoms with Gasteiger partial charge in [-0.15, -0.1) is 11.3 Å². The molecule has 1 amide bonds. The predicted octanol–water partition coefficient (Wildman–Crippen LogP) is 7.93. The summed E-state index contributed by atoms with van der Waals surface area (Å²) in [6.07, 6.45) is 16.5. The molecule has 1 aromatic heterocycles. The van der Waals surface area contributed by atoms with Crippen molar-refractivity contribution in [2.45, 2.75) is 86.0 Å². The second kappa shape index (κ2) is 11.5. The Morgan fingerprint density at radius 1 is 1.21 bits per heavy atom. The maximum atomic E-state index is 12.3. The van der Waals surface area contributed by atoms with Crippen molar-refractivity contribution in [2.75, 3.05) is 6.54 Å². The molecule has 2 nitrogen and oxygen atoms in total. The highest BCUT2D eigenvalue weighted by molar-refractivity contribution is 7.14. The van der Waals surface area contributed by atoms with Crippen LogP contribution in [0.4, 0.5) is 0 Å². The van der Waals surface area contributed by atoms with E-state index in [1.54, 1.807) is 11.3 Å². The average Bonchev–Trinajstić information content (AvgIpc) is 3.12. The van der Waals surface area contributed by atoms with E-state index in [-0.39, 0.29) is 11.3 Å². The molecule has 0 bridgehead atoms. The fourth-order valence-electron chi connectivity index (χ4n) is 4.07. The van der Waals surface area contributed by atoms with Gasteiger partial charge in [0.25, 0.3) is 5.91 Å². The molecule has 1 aliphatic rings. The first kappa shape index (κ1) is 23.7. The second-order valence-electron chi connectivity index (χ2n) is 9.03. The van der Waals surface area contributed by atoms with Crippen LogP contribution in [0.3, 0.4) is 0 Å². The molecule has 160 valence electrons. The number of allylic oxidation sites excluding steroid dienone is 5. The number of rotatable bonds is 10. The maximum Gasteiger partial charge on any atom is 0.261 e. The Morgan fingerprint density at radius 3 is 2.69 bits per heavy atom. The Balaban J connectivity index is 1.91. The van der Waals surface area contributed by atoms with Gasteiger partial charge in [0.2, 0.25) is 0 Å². The zero-order valence-corrected chi connectivity index (χ0v) is 19.9. The number of carbonyl (C=O) groups excluding carboxylic acids is 1. The maximum absolute atomic E-state index is 12.3. The van der Waals surface area contributed by atoms with Crippen LogP contribution in [0, 0.1) is 5.41 Å². The first-order valence-electron chi connectivity index (χ1n) is 11.3. The number of hydrogen-bond donors (Lipinski definition) is 1. The molecule has 0 atom stereocenters. The molecule has 1 heterocycles. The monoisotopic (exact) mass is 413 g/mol. The fraction of sp³-hybridized carbons (Fsp3) is 0.577. The third-order valence-corrected chi connectivity index (χ3v) is 6.87. The summed E-state index contributed by atoms with van der Waals surface area (Å²) in [4.78, 5) is 14.3. The van der Waals surface area contributed by atoms with Crippen LogP contribution in [-0.2, 0) is 0 Å². The molecule has 3 heteroatoms. The minimum atomic E-state index is 0.0584. The van der Waals surface area contributed by atoms with Crippen LogP contribution >= 0.6 is 11.3 Å².